The van der Waals surface area contributed by atoms with Crippen molar-refractivity contribution in [2.24, 2.45) is 0 Å². The topological polar surface area (TPSA) is 61.8 Å². The van der Waals surface area contributed by atoms with E-state index in [0.29, 0.717) is 26.1 Å². The number of carbonyl (C=O) groups is 2. The van der Waals surface area contributed by atoms with Gasteiger partial charge in [-0.15, -0.1) is 0 Å². The van der Waals surface area contributed by atoms with Gasteiger partial charge in [0.1, 0.15) is 5.75 Å². The number of esters is 1. The zero-order chi connectivity index (χ0) is 23.5. The smallest absolute Gasteiger partial charge is 0.335 e. The van der Waals surface area contributed by atoms with Crippen LogP contribution in [0.2, 0.25) is 0 Å². The number of Topliss-reactive ketones (excluding diaryl/α,β-unsaturated/α-hetero) is 1. The van der Waals surface area contributed by atoms with Crippen LogP contribution in [0.3, 0.4) is 0 Å². The highest BCUT2D eigenvalue weighted by molar-refractivity contribution is 5.99. The third-order valence-corrected chi connectivity index (χ3v) is 6.07. The van der Waals surface area contributed by atoms with Crippen molar-refractivity contribution in [3.8, 4) is 5.75 Å². The third-order valence-electron chi connectivity index (χ3n) is 6.07. The van der Waals surface area contributed by atoms with Gasteiger partial charge in [0.25, 0.3) is 0 Å². The lowest BCUT2D eigenvalue weighted by Crippen LogP contribution is -2.28. The summed E-state index contributed by atoms with van der Waals surface area (Å²) in [6, 6.07) is 13.9. The number of unbranched alkanes of at least 4 members (excludes halogenated alkanes) is 2. The number of aryl methyl sites for hydroxylation is 1. The average Bonchev–Trinajstić information content (AvgIpc) is 2.84. The highest BCUT2D eigenvalue weighted by atomic mass is 16.6. The van der Waals surface area contributed by atoms with E-state index in [2.05, 4.69) is 13.0 Å². The maximum Gasteiger partial charge on any atom is 0.335 e. The van der Waals surface area contributed by atoms with Gasteiger partial charge in [0, 0.05) is 30.6 Å². The molecule has 2 aromatic carbocycles. The lowest BCUT2D eigenvalue weighted by atomic mass is 9.87. The normalized spacial score (nSPS) is 13.9. The molecule has 178 valence electrons. The number of methoxy groups -OCH3 is 1. The van der Waals surface area contributed by atoms with Gasteiger partial charge in [-0.25, -0.2) is 4.79 Å². The lowest BCUT2D eigenvalue weighted by Gasteiger charge is -2.22. The van der Waals surface area contributed by atoms with Crippen LogP contribution in [0.15, 0.2) is 42.5 Å². The number of ether oxygens (including phenoxy) is 3. The molecule has 2 aromatic rings. The number of carbonyl (C=O) groups excluding carboxylic acids is 2. The van der Waals surface area contributed by atoms with E-state index >= 15 is 0 Å². The molecule has 5 heteroatoms. The van der Waals surface area contributed by atoms with E-state index in [1.54, 1.807) is 0 Å². The summed E-state index contributed by atoms with van der Waals surface area (Å²) in [7, 11) is 1.39. The molecule has 0 radical (unpaired) electrons. The minimum Gasteiger partial charge on any atom is -0.493 e. The zero-order valence-corrected chi connectivity index (χ0v) is 19.9. The predicted octanol–water partition coefficient (Wildman–Crippen LogP) is 5.51. The van der Waals surface area contributed by atoms with Crippen molar-refractivity contribution < 1.29 is 23.8 Å². The molecule has 0 heterocycles. The Kier molecular flexibility index (Phi) is 9.95. The van der Waals surface area contributed by atoms with Gasteiger partial charge in [0.15, 0.2) is 11.9 Å². The van der Waals surface area contributed by atoms with Gasteiger partial charge >= 0.3 is 5.97 Å². The summed E-state index contributed by atoms with van der Waals surface area (Å²) in [6.45, 7) is 3.28. The van der Waals surface area contributed by atoms with Crippen molar-refractivity contribution in [1.82, 2.24) is 0 Å². The first kappa shape index (κ1) is 25.0. The summed E-state index contributed by atoms with van der Waals surface area (Å²) in [4.78, 5) is 24.4. The molecule has 1 atom stereocenters. The van der Waals surface area contributed by atoms with E-state index < -0.39 is 6.10 Å². The monoisotopic (exact) mass is 452 g/mol. The van der Waals surface area contributed by atoms with E-state index in [9.17, 15) is 9.59 Å². The molecule has 0 aliphatic heterocycles. The summed E-state index contributed by atoms with van der Waals surface area (Å²) in [6.07, 6.45) is 7.07. The van der Waals surface area contributed by atoms with Crippen molar-refractivity contribution in [1.29, 1.82) is 0 Å². The Morgan fingerprint density at radius 3 is 2.55 bits per heavy atom. The van der Waals surface area contributed by atoms with Crippen LogP contribution in [-0.4, -0.2) is 38.2 Å². The molecular formula is C28H36O5. The second-order valence-corrected chi connectivity index (χ2v) is 8.59. The van der Waals surface area contributed by atoms with Gasteiger partial charge in [-0.3, -0.25) is 4.79 Å². The molecule has 5 nitrogen and oxygen atoms in total. The molecule has 33 heavy (non-hydrogen) atoms. The van der Waals surface area contributed by atoms with Crippen LogP contribution in [0.4, 0.5) is 0 Å². The molecule has 0 N–H and O–H groups in total. The first-order valence-corrected chi connectivity index (χ1v) is 12.2. The maximum atomic E-state index is 12.3. The molecule has 3 rings (SSSR count). The summed E-state index contributed by atoms with van der Waals surface area (Å²) >= 11 is 0. The number of hydrogen-bond donors (Lipinski definition) is 0. The van der Waals surface area contributed by atoms with Crippen LogP contribution in [0.5, 0.6) is 5.75 Å². The predicted molar refractivity (Wildman–Crippen MR) is 129 cm³/mol. The molecule has 0 amide bonds. The first-order chi connectivity index (χ1) is 16.1. The number of benzene rings is 2. The van der Waals surface area contributed by atoms with Crippen LogP contribution in [0.1, 0.15) is 72.5 Å². The van der Waals surface area contributed by atoms with Gasteiger partial charge in [-0.05, 0) is 49.7 Å². The van der Waals surface area contributed by atoms with Gasteiger partial charge < -0.3 is 14.2 Å². The third kappa shape index (κ3) is 7.16. The van der Waals surface area contributed by atoms with Crippen LogP contribution < -0.4 is 4.74 Å². The van der Waals surface area contributed by atoms with Crippen LogP contribution in [0, 0.1) is 0 Å². The fraction of sp³-hybridized carbons (Fsp3) is 0.500. The molecule has 1 aliphatic carbocycles. The molecule has 1 aliphatic rings. The number of ketones is 1. The van der Waals surface area contributed by atoms with Gasteiger partial charge in [0.2, 0.25) is 0 Å². The Hall–Kier alpha value is -2.66. The average molecular weight is 453 g/mol. The molecule has 0 saturated carbocycles. The Bertz CT molecular complexity index is 906. The molecule has 0 bridgehead atoms. The standard InChI is InChI=1S/C28H36O5/c1-3-11-22-16-17-23-24(14-10-15-25(23)29)27(22)33-19-9-5-8-18-32-26(28(30)31-2)20-21-12-6-4-7-13-21/h4,6-7,12-13,16-17,26H,3,5,8-11,14-15,18-20H2,1-2H3. The highest BCUT2D eigenvalue weighted by Crippen LogP contribution is 2.34. The summed E-state index contributed by atoms with van der Waals surface area (Å²) in [5.41, 5.74) is 4.20. The lowest BCUT2D eigenvalue weighted by molar-refractivity contribution is -0.154. The van der Waals surface area contributed by atoms with Gasteiger partial charge in [-0.1, -0.05) is 55.8 Å². The zero-order valence-electron chi connectivity index (χ0n) is 19.9. The van der Waals surface area contributed by atoms with Crippen LogP contribution in [-0.2, 0) is 33.5 Å². The fourth-order valence-corrected chi connectivity index (χ4v) is 4.34. The Labute approximate surface area is 197 Å². The maximum absolute atomic E-state index is 12.3. The minimum absolute atomic E-state index is 0.233. The molecule has 0 spiro atoms. The fourth-order valence-electron chi connectivity index (χ4n) is 4.34. The summed E-state index contributed by atoms with van der Waals surface area (Å²) in [5.74, 6) is 0.832. The molecule has 0 fully saturated rings. The van der Waals surface area contributed by atoms with E-state index in [0.717, 1.165) is 67.4 Å². The molecule has 0 saturated heterocycles. The van der Waals surface area contributed by atoms with Crippen molar-refractivity contribution in [2.75, 3.05) is 20.3 Å². The molecule has 1 unspecified atom stereocenters. The number of hydrogen-bond acceptors (Lipinski definition) is 5. The van der Waals surface area contributed by atoms with Crippen molar-refractivity contribution in [3.63, 3.8) is 0 Å². The van der Waals surface area contributed by atoms with E-state index in [1.807, 2.05) is 36.4 Å². The highest BCUT2D eigenvalue weighted by Gasteiger charge is 2.23. The Morgan fingerprint density at radius 2 is 1.79 bits per heavy atom. The van der Waals surface area contributed by atoms with Crippen LogP contribution >= 0.6 is 0 Å². The Balaban J connectivity index is 1.45. The largest absolute Gasteiger partial charge is 0.493 e. The minimum atomic E-state index is -0.585. The second kappa shape index (κ2) is 13.1. The SMILES string of the molecule is CCCc1ccc2c(c1OCCCCCOC(Cc1ccccc1)C(=O)OC)CCCC2=O. The van der Waals surface area contributed by atoms with E-state index in [-0.39, 0.29) is 11.8 Å². The number of rotatable bonds is 13. The van der Waals surface area contributed by atoms with E-state index in [4.69, 9.17) is 14.2 Å². The van der Waals surface area contributed by atoms with Gasteiger partial charge in [0.05, 0.1) is 13.7 Å². The molecule has 0 aromatic heterocycles. The van der Waals surface area contributed by atoms with Crippen molar-refractivity contribution in [3.05, 3.63) is 64.7 Å². The van der Waals surface area contributed by atoms with Crippen LogP contribution in [0.25, 0.3) is 0 Å². The summed E-state index contributed by atoms with van der Waals surface area (Å²) < 4.78 is 17.0. The van der Waals surface area contributed by atoms with Crippen molar-refractivity contribution >= 4 is 11.8 Å². The quantitative estimate of drug-likeness (QED) is 0.296. The second-order valence-electron chi connectivity index (χ2n) is 8.59. The number of fused-ring (bicyclic) bond motifs is 1. The van der Waals surface area contributed by atoms with Crippen molar-refractivity contribution in [2.45, 2.75) is 70.8 Å². The summed E-state index contributed by atoms with van der Waals surface area (Å²) in [5, 5.41) is 0. The Morgan fingerprint density at radius 1 is 1.00 bits per heavy atom. The first-order valence-electron chi connectivity index (χ1n) is 12.2. The van der Waals surface area contributed by atoms with Gasteiger partial charge in [-0.2, -0.15) is 0 Å². The van der Waals surface area contributed by atoms with E-state index in [1.165, 1.54) is 12.7 Å². The molecular weight excluding hydrogens is 416 g/mol.